The molecule has 1 nitrogen and oxygen atoms in total. The summed E-state index contributed by atoms with van der Waals surface area (Å²) in [6, 6.07) is 6.72. The second-order valence-corrected chi connectivity index (χ2v) is 5.59. The van der Waals surface area contributed by atoms with Gasteiger partial charge >= 0.3 is 5.38 Å². The molecule has 0 spiro atoms. The van der Waals surface area contributed by atoms with Crippen molar-refractivity contribution >= 4 is 54.7 Å². The molecule has 0 radical (unpaired) electrons. The van der Waals surface area contributed by atoms with Crippen LogP contribution in [-0.2, 0) is 0 Å². The van der Waals surface area contributed by atoms with Gasteiger partial charge in [0.05, 0.1) is 4.88 Å². The average Bonchev–Trinajstić information content (AvgIpc) is 2.57. The van der Waals surface area contributed by atoms with Crippen molar-refractivity contribution in [2.24, 2.45) is 0 Å². The van der Waals surface area contributed by atoms with E-state index in [1.54, 1.807) is 18.2 Å². The number of Topliss-reactive ketones (excluding diaryl/α,β-unsaturated/α-hetero) is 1. The first-order valence-corrected chi connectivity index (χ1v) is 6.17. The molecule has 84 valence electrons. The first kappa shape index (κ1) is 12.0. The molecule has 0 fully saturated rings. The molecule has 0 aliphatic carbocycles. The van der Waals surface area contributed by atoms with E-state index in [9.17, 15) is 13.6 Å². The fraction of sp³-hybridized carbons (Fsp3) is 0.100. The van der Waals surface area contributed by atoms with Gasteiger partial charge in [0.2, 0.25) is 0 Å². The zero-order chi connectivity index (χ0) is 11.9. The lowest BCUT2D eigenvalue weighted by molar-refractivity contribution is 0.0541. The summed E-state index contributed by atoms with van der Waals surface area (Å²) >= 11 is 8.96. The lowest BCUT2D eigenvalue weighted by Crippen LogP contribution is -2.20. The zero-order valence-electron chi connectivity index (χ0n) is 7.64. The van der Waals surface area contributed by atoms with Crippen LogP contribution in [0.5, 0.6) is 0 Å². The van der Waals surface area contributed by atoms with E-state index in [-0.39, 0.29) is 4.88 Å². The monoisotopic (exact) mass is 324 g/mol. The predicted molar refractivity (Wildman–Crippen MR) is 64.7 cm³/mol. The summed E-state index contributed by atoms with van der Waals surface area (Å²) in [6.45, 7) is 0. The number of carbonyl (C=O) groups excluding carboxylic acids is 1. The number of halogens is 4. The number of hydrogen-bond donors (Lipinski definition) is 0. The highest BCUT2D eigenvalue weighted by Crippen LogP contribution is 2.33. The van der Waals surface area contributed by atoms with Crippen LogP contribution in [0.25, 0.3) is 10.1 Å². The Morgan fingerprint density at radius 3 is 2.69 bits per heavy atom. The van der Waals surface area contributed by atoms with Crippen LogP contribution in [-0.4, -0.2) is 11.2 Å². The van der Waals surface area contributed by atoms with E-state index in [0.717, 1.165) is 25.9 Å². The van der Waals surface area contributed by atoms with Crippen molar-refractivity contribution in [2.75, 3.05) is 0 Å². The highest BCUT2D eigenvalue weighted by atomic mass is 79.9. The Morgan fingerprint density at radius 2 is 2.06 bits per heavy atom. The number of hydrogen-bond acceptors (Lipinski definition) is 2. The molecule has 0 saturated carbocycles. The molecule has 0 saturated heterocycles. The van der Waals surface area contributed by atoms with Crippen LogP contribution in [0.1, 0.15) is 9.67 Å². The summed E-state index contributed by atoms with van der Waals surface area (Å²) in [6.07, 6.45) is 0. The van der Waals surface area contributed by atoms with E-state index >= 15 is 0 Å². The van der Waals surface area contributed by atoms with Crippen LogP contribution in [0.15, 0.2) is 28.7 Å². The SMILES string of the molecule is O=C(c1cc2cc(Br)ccc2s1)C(F)(F)Cl. The molecule has 0 amide bonds. The molecule has 0 unspecified atom stereocenters. The van der Waals surface area contributed by atoms with Crippen LogP contribution < -0.4 is 0 Å². The Balaban J connectivity index is 2.52. The van der Waals surface area contributed by atoms with Gasteiger partial charge in [-0.15, -0.1) is 11.3 Å². The minimum atomic E-state index is -3.84. The Morgan fingerprint density at radius 1 is 1.38 bits per heavy atom. The molecule has 1 heterocycles. The molecule has 0 bridgehead atoms. The molecule has 0 N–H and O–H groups in total. The van der Waals surface area contributed by atoms with Gasteiger partial charge in [-0.05, 0) is 41.3 Å². The Bertz CT molecular complexity index is 561. The maximum atomic E-state index is 12.6. The van der Waals surface area contributed by atoms with Gasteiger partial charge in [0.25, 0.3) is 5.78 Å². The van der Waals surface area contributed by atoms with Crippen molar-refractivity contribution in [3.63, 3.8) is 0 Å². The molecule has 0 atom stereocenters. The number of alkyl halides is 3. The maximum Gasteiger partial charge on any atom is 0.385 e. The number of rotatable bonds is 2. The number of fused-ring (bicyclic) bond motifs is 1. The summed E-state index contributed by atoms with van der Waals surface area (Å²) in [4.78, 5) is 11.2. The molecule has 2 aromatic rings. The smallest absolute Gasteiger partial charge is 0.285 e. The van der Waals surface area contributed by atoms with Crippen molar-refractivity contribution < 1.29 is 13.6 Å². The highest BCUT2D eigenvalue weighted by Gasteiger charge is 2.37. The van der Waals surface area contributed by atoms with Crippen molar-refractivity contribution in [3.8, 4) is 0 Å². The first-order chi connectivity index (χ1) is 7.38. The second kappa shape index (κ2) is 4.05. The van der Waals surface area contributed by atoms with E-state index in [1.807, 2.05) is 0 Å². The van der Waals surface area contributed by atoms with Gasteiger partial charge in [0, 0.05) is 9.17 Å². The lowest BCUT2D eigenvalue weighted by Gasteiger charge is -2.02. The minimum absolute atomic E-state index is 0.0342. The highest BCUT2D eigenvalue weighted by molar-refractivity contribution is 9.10. The Hall–Kier alpha value is -0.520. The van der Waals surface area contributed by atoms with Crippen molar-refractivity contribution in [3.05, 3.63) is 33.6 Å². The van der Waals surface area contributed by atoms with Crippen LogP contribution >= 0.6 is 38.9 Å². The number of thiophene rings is 1. The molecule has 2 rings (SSSR count). The van der Waals surface area contributed by atoms with Crippen molar-refractivity contribution in [1.82, 2.24) is 0 Å². The van der Waals surface area contributed by atoms with Crippen LogP contribution in [0.4, 0.5) is 8.78 Å². The number of ketones is 1. The predicted octanol–water partition coefficient (Wildman–Crippen LogP) is 4.68. The van der Waals surface area contributed by atoms with E-state index in [2.05, 4.69) is 15.9 Å². The van der Waals surface area contributed by atoms with Crippen molar-refractivity contribution in [2.45, 2.75) is 5.38 Å². The fourth-order valence-corrected chi connectivity index (χ4v) is 2.82. The van der Waals surface area contributed by atoms with E-state index < -0.39 is 11.2 Å². The second-order valence-electron chi connectivity index (χ2n) is 3.12. The minimum Gasteiger partial charge on any atom is -0.285 e. The number of benzene rings is 1. The standard InChI is InChI=1S/C10H4BrClF2OS/c11-6-1-2-7-5(3-6)4-8(16-7)9(15)10(12,13)14/h1-4H. The average molecular weight is 326 g/mol. The molecule has 1 aromatic carbocycles. The fourth-order valence-electron chi connectivity index (χ4n) is 1.27. The summed E-state index contributed by atoms with van der Waals surface area (Å²) in [7, 11) is 0. The Labute approximate surface area is 107 Å². The quantitative estimate of drug-likeness (QED) is 0.579. The molecule has 1 aromatic heterocycles. The topological polar surface area (TPSA) is 17.1 Å². The lowest BCUT2D eigenvalue weighted by atomic mass is 10.2. The van der Waals surface area contributed by atoms with Crippen LogP contribution in [0, 0.1) is 0 Å². The molecule has 16 heavy (non-hydrogen) atoms. The Kier molecular flexibility index (Phi) is 3.03. The molecular formula is C10H4BrClF2OS. The summed E-state index contributed by atoms with van der Waals surface area (Å²) in [5, 5.41) is -3.10. The van der Waals surface area contributed by atoms with Gasteiger partial charge in [-0.3, -0.25) is 4.79 Å². The molecule has 0 aliphatic heterocycles. The summed E-state index contributed by atoms with van der Waals surface area (Å²) in [5.41, 5.74) is 0. The normalized spacial score (nSPS) is 12.0. The van der Waals surface area contributed by atoms with E-state index in [4.69, 9.17) is 11.6 Å². The van der Waals surface area contributed by atoms with Gasteiger partial charge in [0.1, 0.15) is 0 Å². The van der Waals surface area contributed by atoms with Gasteiger partial charge in [-0.1, -0.05) is 15.9 Å². The molecule has 0 aliphatic rings. The van der Waals surface area contributed by atoms with Crippen molar-refractivity contribution in [1.29, 1.82) is 0 Å². The van der Waals surface area contributed by atoms with Gasteiger partial charge in [0.15, 0.2) is 0 Å². The summed E-state index contributed by atoms with van der Waals surface area (Å²) < 4.78 is 26.8. The first-order valence-electron chi connectivity index (χ1n) is 4.18. The zero-order valence-corrected chi connectivity index (χ0v) is 10.8. The summed E-state index contributed by atoms with van der Waals surface area (Å²) in [5.74, 6) is -1.36. The van der Waals surface area contributed by atoms with Gasteiger partial charge < -0.3 is 0 Å². The number of carbonyl (C=O) groups is 1. The third kappa shape index (κ3) is 2.26. The van der Waals surface area contributed by atoms with Gasteiger partial charge in [-0.25, -0.2) is 0 Å². The molecule has 6 heteroatoms. The third-order valence-corrected chi connectivity index (χ3v) is 3.74. The van der Waals surface area contributed by atoms with E-state index in [0.29, 0.717) is 0 Å². The molecular weight excluding hydrogens is 322 g/mol. The van der Waals surface area contributed by atoms with Crippen LogP contribution in [0.2, 0.25) is 0 Å². The van der Waals surface area contributed by atoms with E-state index in [1.165, 1.54) is 6.07 Å². The third-order valence-electron chi connectivity index (χ3n) is 1.96. The van der Waals surface area contributed by atoms with Crippen LogP contribution in [0.3, 0.4) is 0 Å². The largest absolute Gasteiger partial charge is 0.385 e. The van der Waals surface area contributed by atoms with Gasteiger partial charge in [-0.2, -0.15) is 8.78 Å². The maximum absolute atomic E-state index is 12.6.